The summed E-state index contributed by atoms with van der Waals surface area (Å²) in [6.45, 7) is 1.66. The zero-order chi connectivity index (χ0) is 9.80. The maximum absolute atomic E-state index is 5.46. The van der Waals surface area contributed by atoms with Gasteiger partial charge in [0, 0.05) is 25.0 Å². The molecule has 4 nitrogen and oxygen atoms in total. The highest BCUT2D eigenvalue weighted by molar-refractivity contribution is 7.99. The van der Waals surface area contributed by atoms with E-state index in [4.69, 9.17) is 4.74 Å². The number of ether oxygens (including phenoxy) is 1. The Morgan fingerprint density at radius 3 is 3.36 bits per heavy atom. The fourth-order valence-electron chi connectivity index (χ4n) is 1.62. The van der Waals surface area contributed by atoms with Gasteiger partial charge in [0.2, 0.25) is 0 Å². The number of hydrogen-bond donors (Lipinski definition) is 2. The second-order valence-corrected chi connectivity index (χ2v) is 4.54. The van der Waals surface area contributed by atoms with Crippen LogP contribution in [0.3, 0.4) is 0 Å². The predicted molar refractivity (Wildman–Crippen MR) is 56.5 cm³/mol. The number of aromatic amines is 1. The second-order valence-electron chi connectivity index (χ2n) is 3.31. The van der Waals surface area contributed by atoms with Crippen molar-refractivity contribution in [3.63, 3.8) is 0 Å². The summed E-state index contributed by atoms with van der Waals surface area (Å²) in [6, 6.07) is 0.527. The van der Waals surface area contributed by atoms with Gasteiger partial charge in [-0.05, 0) is 13.5 Å². The topological polar surface area (TPSA) is 49.9 Å². The van der Waals surface area contributed by atoms with Crippen molar-refractivity contribution in [1.29, 1.82) is 0 Å². The Morgan fingerprint density at radius 1 is 1.71 bits per heavy atom. The lowest BCUT2D eigenvalue weighted by Crippen LogP contribution is -2.43. The minimum Gasteiger partial charge on any atom is -0.380 e. The number of nitrogens with zero attached hydrogens (tertiary/aromatic N) is 1. The molecule has 0 radical (unpaired) electrons. The summed E-state index contributed by atoms with van der Waals surface area (Å²) in [6.07, 6.45) is 4.70. The molecule has 1 aromatic rings. The van der Waals surface area contributed by atoms with Gasteiger partial charge in [0.1, 0.15) is 0 Å². The molecule has 1 aliphatic heterocycles. The zero-order valence-corrected chi connectivity index (χ0v) is 9.01. The molecule has 1 fully saturated rings. The molecular formula is C9H15N3OS. The number of aromatic nitrogens is 2. The van der Waals surface area contributed by atoms with Crippen molar-refractivity contribution in [2.45, 2.75) is 22.9 Å². The Kier molecular flexibility index (Phi) is 3.44. The van der Waals surface area contributed by atoms with E-state index in [0.29, 0.717) is 11.3 Å². The molecule has 2 rings (SSSR count). The molecule has 1 aromatic heterocycles. The molecule has 0 bridgehead atoms. The van der Waals surface area contributed by atoms with E-state index in [1.54, 1.807) is 18.0 Å². The first-order valence-corrected chi connectivity index (χ1v) is 5.69. The first kappa shape index (κ1) is 10.0. The summed E-state index contributed by atoms with van der Waals surface area (Å²) in [7, 11) is 2.01. The second kappa shape index (κ2) is 4.82. The summed E-state index contributed by atoms with van der Waals surface area (Å²) in [5, 5.41) is 4.76. The summed E-state index contributed by atoms with van der Waals surface area (Å²) < 4.78 is 5.46. The molecule has 0 saturated carbocycles. The number of H-pyrrole nitrogens is 1. The van der Waals surface area contributed by atoms with Gasteiger partial charge in [0.25, 0.3) is 0 Å². The Balaban J connectivity index is 1.94. The summed E-state index contributed by atoms with van der Waals surface area (Å²) in [5.41, 5.74) is 0. The van der Waals surface area contributed by atoms with Crippen LogP contribution in [0, 0.1) is 0 Å². The van der Waals surface area contributed by atoms with Crippen molar-refractivity contribution in [1.82, 2.24) is 15.3 Å². The molecule has 0 spiro atoms. The van der Waals surface area contributed by atoms with E-state index < -0.39 is 0 Å². The molecule has 2 unspecified atom stereocenters. The van der Waals surface area contributed by atoms with Crippen molar-refractivity contribution in [3.8, 4) is 0 Å². The minimum atomic E-state index is 0.458. The standard InChI is InChI=1S/C9H15N3OS/c1-10-7-2-5-13-6-8(7)14-9-11-3-4-12-9/h3-4,7-8,10H,2,5-6H2,1H3,(H,11,12). The van der Waals surface area contributed by atoms with Gasteiger partial charge in [0.05, 0.1) is 11.9 Å². The van der Waals surface area contributed by atoms with Gasteiger partial charge in [-0.15, -0.1) is 0 Å². The normalized spacial score (nSPS) is 27.8. The van der Waals surface area contributed by atoms with Crippen LogP contribution in [-0.4, -0.2) is 41.5 Å². The van der Waals surface area contributed by atoms with Gasteiger partial charge in [-0.2, -0.15) is 0 Å². The van der Waals surface area contributed by atoms with E-state index >= 15 is 0 Å². The third-order valence-electron chi connectivity index (χ3n) is 2.41. The molecule has 1 aliphatic rings. The summed E-state index contributed by atoms with van der Waals surface area (Å²) in [5.74, 6) is 0. The molecule has 1 saturated heterocycles. The average molecular weight is 213 g/mol. The van der Waals surface area contributed by atoms with Gasteiger partial charge >= 0.3 is 0 Å². The van der Waals surface area contributed by atoms with E-state index in [2.05, 4.69) is 15.3 Å². The van der Waals surface area contributed by atoms with Crippen LogP contribution in [0.2, 0.25) is 0 Å². The highest BCUT2D eigenvalue weighted by atomic mass is 32.2. The molecule has 2 N–H and O–H groups in total. The van der Waals surface area contributed by atoms with Crippen LogP contribution in [0.25, 0.3) is 0 Å². The van der Waals surface area contributed by atoms with Crippen LogP contribution < -0.4 is 5.32 Å². The van der Waals surface area contributed by atoms with Gasteiger partial charge in [-0.25, -0.2) is 4.98 Å². The maximum Gasteiger partial charge on any atom is 0.165 e. The molecule has 78 valence electrons. The lowest BCUT2D eigenvalue weighted by atomic mass is 10.1. The van der Waals surface area contributed by atoms with Crippen molar-refractivity contribution in [2.75, 3.05) is 20.3 Å². The largest absolute Gasteiger partial charge is 0.380 e. The third kappa shape index (κ3) is 2.29. The Morgan fingerprint density at radius 2 is 2.64 bits per heavy atom. The van der Waals surface area contributed by atoms with Gasteiger partial charge in [-0.1, -0.05) is 11.8 Å². The van der Waals surface area contributed by atoms with Crippen LogP contribution in [0.15, 0.2) is 17.6 Å². The van der Waals surface area contributed by atoms with Crippen LogP contribution in [0.5, 0.6) is 0 Å². The van der Waals surface area contributed by atoms with Crippen LogP contribution >= 0.6 is 11.8 Å². The van der Waals surface area contributed by atoms with E-state index in [9.17, 15) is 0 Å². The van der Waals surface area contributed by atoms with E-state index in [1.165, 1.54) is 0 Å². The Labute approximate surface area is 87.8 Å². The first-order chi connectivity index (χ1) is 6.90. The zero-order valence-electron chi connectivity index (χ0n) is 8.19. The third-order valence-corrected chi connectivity index (χ3v) is 3.62. The number of hydrogen-bond acceptors (Lipinski definition) is 4. The monoisotopic (exact) mass is 213 g/mol. The quantitative estimate of drug-likeness (QED) is 0.782. The Bertz CT molecular complexity index is 265. The van der Waals surface area contributed by atoms with Gasteiger partial charge in [-0.3, -0.25) is 0 Å². The number of nitrogens with one attached hydrogen (secondary N) is 2. The molecular weight excluding hydrogens is 198 g/mol. The first-order valence-electron chi connectivity index (χ1n) is 4.81. The van der Waals surface area contributed by atoms with Crippen molar-refractivity contribution in [3.05, 3.63) is 12.4 Å². The van der Waals surface area contributed by atoms with E-state index in [0.717, 1.165) is 24.8 Å². The SMILES string of the molecule is CNC1CCOCC1Sc1ncc[nH]1. The number of imidazole rings is 1. The Hall–Kier alpha value is -0.520. The number of thioether (sulfide) groups is 1. The van der Waals surface area contributed by atoms with Crippen LogP contribution in [-0.2, 0) is 4.74 Å². The smallest absolute Gasteiger partial charge is 0.165 e. The average Bonchev–Trinajstić information content (AvgIpc) is 2.71. The summed E-state index contributed by atoms with van der Waals surface area (Å²) in [4.78, 5) is 7.30. The highest BCUT2D eigenvalue weighted by Gasteiger charge is 2.25. The molecule has 0 amide bonds. The molecule has 2 heterocycles. The van der Waals surface area contributed by atoms with Gasteiger partial charge < -0.3 is 15.0 Å². The van der Waals surface area contributed by atoms with Crippen molar-refractivity contribution >= 4 is 11.8 Å². The minimum absolute atomic E-state index is 0.458. The van der Waals surface area contributed by atoms with Crippen LogP contribution in [0.4, 0.5) is 0 Å². The highest BCUT2D eigenvalue weighted by Crippen LogP contribution is 2.25. The fourth-order valence-corrected chi connectivity index (χ4v) is 2.76. The predicted octanol–water partition coefficient (Wildman–Crippen LogP) is 0.879. The van der Waals surface area contributed by atoms with E-state index in [-0.39, 0.29) is 0 Å². The molecule has 0 aliphatic carbocycles. The summed E-state index contributed by atoms with van der Waals surface area (Å²) >= 11 is 1.75. The molecule has 0 aromatic carbocycles. The lowest BCUT2D eigenvalue weighted by molar-refractivity contribution is 0.0850. The molecule has 2 atom stereocenters. The molecule has 14 heavy (non-hydrogen) atoms. The van der Waals surface area contributed by atoms with Crippen molar-refractivity contribution in [2.24, 2.45) is 0 Å². The fraction of sp³-hybridized carbons (Fsp3) is 0.667. The lowest BCUT2D eigenvalue weighted by Gasteiger charge is -2.29. The van der Waals surface area contributed by atoms with Gasteiger partial charge in [0.15, 0.2) is 5.16 Å². The molecule has 5 heteroatoms. The van der Waals surface area contributed by atoms with Crippen LogP contribution in [0.1, 0.15) is 6.42 Å². The van der Waals surface area contributed by atoms with E-state index in [1.807, 2.05) is 13.2 Å². The maximum atomic E-state index is 5.46. The number of rotatable bonds is 3. The van der Waals surface area contributed by atoms with Crippen molar-refractivity contribution < 1.29 is 4.74 Å².